The van der Waals surface area contributed by atoms with E-state index in [4.69, 9.17) is 18.6 Å². The van der Waals surface area contributed by atoms with Crippen molar-refractivity contribution in [1.82, 2.24) is 0 Å². The molecular weight excluding hydrogens is 296 g/mol. The van der Waals surface area contributed by atoms with Crippen molar-refractivity contribution in [1.29, 1.82) is 0 Å². The Kier molecular flexibility index (Phi) is 4.32. The minimum Gasteiger partial charge on any atom is -0.414 e. The summed E-state index contributed by atoms with van der Waals surface area (Å²) in [4.78, 5) is 0. The Balaban J connectivity index is 1.64. The van der Waals surface area contributed by atoms with Crippen LogP contribution in [0.4, 0.5) is 0 Å². The third kappa shape index (κ3) is 2.82. The van der Waals surface area contributed by atoms with E-state index >= 15 is 0 Å². The van der Waals surface area contributed by atoms with Crippen molar-refractivity contribution in [3.05, 3.63) is 12.7 Å². The first kappa shape index (κ1) is 16.6. The van der Waals surface area contributed by atoms with Gasteiger partial charge in [-0.3, -0.25) is 0 Å². The first-order valence-corrected chi connectivity index (χ1v) is 11.3. The van der Waals surface area contributed by atoms with Crippen LogP contribution >= 0.6 is 0 Å². The van der Waals surface area contributed by atoms with E-state index in [1.807, 2.05) is 6.08 Å². The van der Waals surface area contributed by atoms with Crippen molar-refractivity contribution in [2.45, 2.75) is 69.9 Å². The molecule has 3 fully saturated rings. The summed E-state index contributed by atoms with van der Waals surface area (Å²) >= 11 is 0. The van der Waals surface area contributed by atoms with Crippen LogP contribution in [0.15, 0.2) is 12.7 Å². The number of hydrogen-bond donors (Lipinski definition) is 0. The zero-order valence-electron chi connectivity index (χ0n) is 14.5. The maximum Gasteiger partial charge on any atom is 0.192 e. The molecule has 0 amide bonds. The summed E-state index contributed by atoms with van der Waals surface area (Å²) in [6.07, 6.45) is 2.99. The summed E-state index contributed by atoms with van der Waals surface area (Å²) in [6.45, 7) is 16.6. The maximum atomic E-state index is 6.35. The molecule has 0 aromatic rings. The molecule has 126 valence electrons. The SMILES string of the molecule is C=C[C@@H]1CO[C@H]2[C@@H]1C[C@H]1O[C@@H]2[C@H](CO[Si](C)(C)C(C)(C)C)O1. The van der Waals surface area contributed by atoms with Crippen molar-refractivity contribution in [3.63, 3.8) is 0 Å². The van der Waals surface area contributed by atoms with E-state index in [0.29, 0.717) is 18.4 Å². The fraction of sp³-hybridized carbons (Fsp3) is 0.882. The summed E-state index contributed by atoms with van der Waals surface area (Å²) in [5.74, 6) is 0.918. The van der Waals surface area contributed by atoms with Crippen LogP contribution in [0.25, 0.3) is 0 Å². The van der Waals surface area contributed by atoms with Crippen LogP contribution in [0.3, 0.4) is 0 Å². The van der Waals surface area contributed by atoms with Gasteiger partial charge in [0.1, 0.15) is 12.2 Å². The molecule has 0 unspecified atom stereocenters. The molecule has 3 aliphatic rings. The molecule has 0 N–H and O–H groups in total. The number of rotatable bonds is 4. The van der Waals surface area contributed by atoms with Gasteiger partial charge in [0.25, 0.3) is 0 Å². The van der Waals surface area contributed by atoms with Crippen LogP contribution in [-0.4, -0.2) is 46.1 Å². The van der Waals surface area contributed by atoms with E-state index in [1.165, 1.54) is 0 Å². The first-order chi connectivity index (χ1) is 10.2. The molecular formula is C17H30O4Si. The van der Waals surface area contributed by atoms with Crippen LogP contribution in [0.1, 0.15) is 27.2 Å². The standard InChI is InChI=1S/C17H30O4Si/c1-7-11-9-18-15-12(11)8-14-20-13(16(15)21-14)10-19-22(5,6)17(2,3)4/h7,11-16H,1,8-10H2,2-6H3/t11-,12-,13+,14-,15+,16-/m1/s1. The van der Waals surface area contributed by atoms with E-state index in [-0.39, 0.29) is 29.6 Å². The molecule has 0 radical (unpaired) electrons. The van der Waals surface area contributed by atoms with Gasteiger partial charge in [0, 0.05) is 18.3 Å². The smallest absolute Gasteiger partial charge is 0.192 e. The lowest BCUT2D eigenvalue weighted by Crippen LogP contribution is -2.47. The molecule has 22 heavy (non-hydrogen) atoms. The van der Waals surface area contributed by atoms with E-state index in [1.54, 1.807) is 0 Å². The predicted octanol–water partition coefficient (Wildman–Crippen LogP) is 3.34. The van der Waals surface area contributed by atoms with Gasteiger partial charge >= 0.3 is 0 Å². The van der Waals surface area contributed by atoms with Gasteiger partial charge in [0.05, 0.1) is 19.3 Å². The van der Waals surface area contributed by atoms with E-state index in [9.17, 15) is 0 Å². The Hall–Kier alpha value is -0.203. The largest absolute Gasteiger partial charge is 0.414 e. The Morgan fingerprint density at radius 2 is 1.95 bits per heavy atom. The lowest BCUT2D eigenvalue weighted by Gasteiger charge is -2.37. The second-order valence-corrected chi connectivity index (χ2v) is 13.2. The lowest BCUT2D eigenvalue weighted by molar-refractivity contribution is -0.136. The molecule has 0 saturated carbocycles. The molecule has 3 rings (SSSR count). The fourth-order valence-corrected chi connectivity index (χ4v) is 4.45. The van der Waals surface area contributed by atoms with Crippen LogP contribution in [0, 0.1) is 11.8 Å². The average Bonchev–Trinajstić information content (AvgIpc) is 2.98. The van der Waals surface area contributed by atoms with Gasteiger partial charge < -0.3 is 18.6 Å². The van der Waals surface area contributed by atoms with Crippen LogP contribution in [-0.2, 0) is 18.6 Å². The van der Waals surface area contributed by atoms with Gasteiger partial charge in [-0.1, -0.05) is 26.8 Å². The van der Waals surface area contributed by atoms with Crippen molar-refractivity contribution in [2.75, 3.05) is 13.2 Å². The zero-order chi connectivity index (χ0) is 16.1. The summed E-state index contributed by atoms with van der Waals surface area (Å²) in [5, 5.41) is 0.210. The molecule has 3 saturated heterocycles. The molecule has 2 bridgehead atoms. The molecule has 6 atom stereocenters. The van der Waals surface area contributed by atoms with Gasteiger partial charge in [-0.25, -0.2) is 0 Å². The maximum absolute atomic E-state index is 6.35. The number of fused-ring (bicyclic) bond motifs is 4. The highest BCUT2D eigenvalue weighted by atomic mass is 28.4. The zero-order valence-corrected chi connectivity index (χ0v) is 15.5. The molecule has 3 heterocycles. The molecule has 3 aliphatic heterocycles. The molecule has 0 aliphatic carbocycles. The second kappa shape index (κ2) is 5.71. The second-order valence-electron chi connectivity index (χ2n) is 8.37. The fourth-order valence-electron chi connectivity index (χ4n) is 3.43. The molecule has 5 heteroatoms. The van der Waals surface area contributed by atoms with Gasteiger partial charge in [-0.2, -0.15) is 0 Å². The Labute approximate surface area is 135 Å². The minimum atomic E-state index is -1.76. The highest BCUT2D eigenvalue weighted by Crippen LogP contribution is 2.45. The highest BCUT2D eigenvalue weighted by Gasteiger charge is 2.54. The van der Waals surface area contributed by atoms with Gasteiger partial charge in [-0.05, 0) is 18.1 Å². The van der Waals surface area contributed by atoms with Crippen molar-refractivity contribution >= 4 is 8.32 Å². The first-order valence-electron chi connectivity index (χ1n) is 8.42. The number of hydrogen-bond acceptors (Lipinski definition) is 4. The average molecular weight is 327 g/mol. The van der Waals surface area contributed by atoms with Crippen LogP contribution in [0.2, 0.25) is 18.1 Å². The van der Waals surface area contributed by atoms with Crippen LogP contribution in [0.5, 0.6) is 0 Å². The summed E-state index contributed by atoms with van der Waals surface area (Å²) in [7, 11) is -1.76. The number of ether oxygens (including phenoxy) is 3. The van der Waals surface area contributed by atoms with Crippen LogP contribution < -0.4 is 0 Å². The van der Waals surface area contributed by atoms with Crippen molar-refractivity contribution in [3.8, 4) is 0 Å². The van der Waals surface area contributed by atoms with Gasteiger partial charge in [-0.15, -0.1) is 6.58 Å². The van der Waals surface area contributed by atoms with E-state index < -0.39 is 8.32 Å². The Morgan fingerprint density at radius 3 is 2.59 bits per heavy atom. The monoisotopic (exact) mass is 326 g/mol. The Bertz CT molecular complexity index is 431. The normalized spacial score (nSPS) is 41.5. The van der Waals surface area contributed by atoms with Crippen molar-refractivity contribution < 1.29 is 18.6 Å². The Morgan fingerprint density at radius 1 is 1.23 bits per heavy atom. The molecule has 4 nitrogen and oxygen atoms in total. The molecule has 0 aromatic heterocycles. The predicted molar refractivity (Wildman–Crippen MR) is 88.2 cm³/mol. The summed E-state index contributed by atoms with van der Waals surface area (Å²) in [6, 6.07) is 0. The third-order valence-electron chi connectivity index (χ3n) is 5.96. The quantitative estimate of drug-likeness (QED) is 0.586. The third-order valence-corrected chi connectivity index (χ3v) is 10.5. The minimum absolute atomic E-state index is 0.00214. The van der Waals surface area contributed by atoms with Gasteiger partial charge in [0.2, 0.25) is 0 Å². The topological polar surface area (TPSA) is 36.9 Å². The summed E-state index contributed by atoms with van der Waals surface area (Å²) < 4.78 is 24.5. The van der Waals surface area contributed by atoms with Crippen molar-refractivity contribution in [2.24, 2.45) is 11.8 Å². The lowest BCUT2D eigenvalue weighted by atomic mass is 9.83. The van der Waals surface area contributed by atoms with Gasteiger partial charge in [0.15, 0.2) is 14.6 Å². The highest BCUT2D eigenvalue weighted by molar-refractivity contribution is 6.74. The molecule has 0 spiro atoms. The molecule has 0 aromatic carbocycles. The summed E-state index contributed by atoms with van der Waals surface area (Å²) in [5.41, 5.74) is 0. The van der Waals surface area contributed by atoms with E-state index in [2.05, 4.69) is 40.4 Å². The van der Waals surface area contributed by atoms with E-state index in [0.717, 1.165) is 13.0 Å².